The van der Waals surface area contributed by atoms with Crippen LogP contribution in [-0.2, 0) is 4.79 Å². The minimum absolute atomic E-state index is 0.358. The first kappa shape index (κ1) is 13.7. The largest absolute Gasteiger partial charge is 0.323 e. The van der Waals surface area contributed by atoms with Crippen molar-refractivity contribution < 1.29 is 9.18 Å². The summed E-state index contributed by atoms with van der Waals surface area (Å²) in [5.74, 6) is -0.815. The molecule has 0 saturated heterocycles. The number of nitrogens with two attached hydrogens (primary N) is 1. The summed E-state index contributed by atoms with van der Waals surface area (Å²) in [5.41, 5.74) is 6.91. The highest BCUT2D eigenvalue weighted by atomic mass is 79.9. The van der Waals surface area contributed by atoms with E-state index < -0.39 is 17.8 Å². The number of hydrogen-bond acceptors (Lipinski definition) is 2. The van der Waals surface area contributed by atoms with Crippen LogP contribution >= 0.6 is 15.9 Å². The van der Waals surface area contributed by atoms with Gasteiger partial charge in [-0.25, -0.2) is 4.39 Å². The predicted octanol–water partition coefficient (Wildman–Crippen LogP) is 3.23. The maximum atomic E-state index is 13.1. The molecule has 0 radical (unpaired) electrons. The van der Waals surface area contributed by atoms with Gasteiger partial charge in [-0.05, 0) is 39.7 Å². The fourth-order valence-electron chi connectivity index (χ4n) is 1.62. The molecule has 2 rings (SSSR count). The van der Waals surface area contributed by atoms with Crippen LogP contribution in [0.1, 0.15) is 11.6 Å². The molecule has 1 atom stereocenters. The molecule has 0 aliphatic rings. The summed E-state index contributed by atoms with van der Waals surface area (Å²) in [7, 11) is 0. The summed E-state index contributed by atoms with van der Waals surface area (Å²) >= 11 is 3.24. The Balaban J connectivity index is 2.15. The van der Waals surface area contributed by atoms with Gasteiger partial charge in [-0.3, -0.25) is 4.79 Å². The summed E-state index contributed by atoms with van der Waals surface area (Å²) < 4.78 is 13.7. The molecule has 0 aliphatic carbocycles. The molecule has 0 aliphatic heterocycles. The molecule has 3 N–H and O–H groups in total. The minimum atomic E-state index is -0.795. The van der Waals surface area contributed by atoms with Crippen LogP contribution in [0.5, 0.6) is 0 Å². The Kier molecular flexibility index (Phi) is 4.29. The standard InChI is InChI=1S/C14H12BrFN2O/c15-11-7-6-10(16)8-12(11)18-14(19)13(17)9-4-2-1-3-5-9/h1-8,13H,17H2,(H,18,19)/t13-/m0/s1. The number of hydrogen-bond donors (Lipinski definition) is 2. The van der Waals surface area contributed by atoms with Crippen molar-refractivity contribution in [3.63, 3.8) is 0 Å². The van der Waals surface area contributed by atoms with Gasteiger partial charge >= 0.3 is 0 Å². The minimum Gasteiger partial charge on any atom is -0.323 e. The predicted molar refractivity (Wildman–Crippen MR) is 76.1 cm³/mol. The zero-order chi connectivity index (χ0) is 13.8. The van der Waals surface area contributed by atoms with Crippen molar-refractivity contribution in [2.75, 3.05) is 5.32 Å². The van der Waals surface area contributed by atoms with Crippen LogP contribution in [0.25, 0.3) is 0 Å². The maximum Gasteiger partial charge on any atom is 0.245 e. The molecular formula is C14H12BrFN2O. The number of carbonyl (C=O) groups is 1. The lowest BCUT2D eigenvalue weighted by Crippen LogP contribution is -2.27. The molecule has 0 fully saturated rings. The first-order chi connectivity index (χ1) is 9.08. The highest BCUT2D eigenvalue weighted by Gasteiger charge is 2.16. The monoisotopic (exact) mass is 322 g/mol. The molecule has 3 nitrogen and oxygen atoms in total. The summed E-state index contributed by atoms with van der Waals surface area (Å²) in [6.07, 6.45) is 0. The van der Waals surface area contributed by atoms with Crippen molar-refractivity contribution in [3.05, 3.63) is 64.4 Å². The average molecular weight is 323 g/mol. The second kappa shape index (κ2) is 5.95. The first-order valence-corrected chi connectivity index (χ1v) is 6.43. The molecule has 2 aromatic rings. The van der Waals surface area contributed by atoms with Gasteiger partial charge in [0.05, 0.1) is 5.69 Å². The highest BCUT2D eigenvalue weighted by molar-refractivity contribution is 9.10. The van der Waals surface area contributed by atoms with Crippen LogP contribution in [0.4, 0.5) is 10.1 Å². The van der Waals surface area contributed by atoms with Gasteiger partial charge in [0.2, 0.25) is 5.91 Å². The average Bonchev–Trinajstić information content (AvgIpc) is 2.43. The smallest absolute Gasteiger partial charge is 0.245 e. The van der Waals surface area contributed by atoms with Crippen LogP contribution < -0.4 is 11.1 Å². The zero-order valence-electron chi connectivity index (χ0n) is 9.94. The van der Waals surface area contributed by atoms with Crippen molar-refractivity contribution in [2.24, 2.45) is 5.73 Å². The fourth-order valence-corrected chi connectivity index (χ4v) is 1.96. The number of rotatable bonds is 3. The lowest BCUT2D eigenvalue weighted by molar-refractivity contribution is -0.117. The SMILES string of the molecule is N[C@H](C(=O)Nc1cc(F)ccc1Br)c1ccccc1. The maximum absolute atomic E-state index is 13.1. The van der Waals surface area contributed by atoms with Gasteiger partial charge in [0, 0.05) is 4.47 Å². The molecule has 0 bridgehead atoms. The lowest BCUT2D eigenvalue weighted by Gasteiger charge is -2.13. The van der Waals surface area contributed by atoms with Crippen LogP contribution in [0.3, 0.4) is 0 Å². The van der Waals surface area contributed by atoms with Gasteiger partial charge < -0.3 is 11.1 Å². The first-order valence-electron chi connectivity index (χ1n) is 5.64. The van der Waals surface area contributed by atoms with Gasteiger partial charge in [-0.1, -0.05) is 30.3 Å². The summed E-state index contributed by atoms with van der Waals surface area (Å²) in [4.78, 5) is 12.0. The molecule has 1 amide bonds. The zero-order valence-corrected chi connectivity index (χ0v) is 11.5. The quantitative estimate of drug-likeness (QED) is 0.911. The van der Waals surface area contributed by atoms with Crippen molar-refractivity contribution in [3.8, 4) is 0 Å². The van der Waals surface area contributed by atoms with E-state index in [9.17, 15) is 9.18 Å². The Hall–Kier alpha value is -1.72. The van der Waals surface area contributed by atoms with Gasteiger partial charge in [0.25, 0.3) is 0 Å². The second-order valence-electron chi connectivity index (χ2n) is 4.00. The van der Waals surface area contributed by atoms with E-state index in [0.29, 0.717) is 15.7 Å². The van der Waals surface area contributed by atoms with E-state index >= 15 is 0 Å². The topological polar surface area (TPSA) is 55.1 Å². The Morgan fingerprint density at radius 1 is 1.21 bits per heavy atom. The van der Waals surface area contributed by atoms with E-state index in [-0.39, 0.29) is 0 Å². The van der Waals surface area contributed by atoms with Crippen LogP contribution in [0, 0.1) is 5.82 Å². The Morgan fingerprint density at radius 2 is 1.89 bits per heavy atom. The number of anilines is 1. The second-order valence-corrected chi connectivity index (χ2v) is 4.86. The third kappa shape index (κ3) is 3.39. The molecule has 0 spiro atoms. The van der Waals surface area contributed by atoms with E-state index in [0.717, 1.165) is 0 Å². The lowest BCUT2D eigenvalue weighted by atomic mass is 10.1. The third-order valence-electron chi connectivity index (χ3n) is 2.63. The normalized spacial score (nSPS) is 11.9. The molecule has 2 aromatic carbocycles. The number of amides is 1. The molecule has 5 heteroatoms. The van der Waals surface area contributed by atoms with Crippen molar-refractivity contribution in [1.29, 1.82) is 0 Å². The van der Waals surface area contributed by atoms with Gasteiger partial charge in [0.1, 0.15) is 11.9 Å². The Labute approximate surface area is 118 Å². The van der Waals surface area contributed by atoms with Crippen LogP contribution in [0.15, 0.2) is 53.0 Å². The van der Waals surface area contributed by atoms with Crippen molar-refractivity contribution in [1.82, 2.24) is 0 Å². The highest BCUT2D eigenvalue weighted by Crippen LogP contribution is 2.24. The molecular weight excluding hydrogens is 311 g/mol. The number of halogens is 2. The fraction of sp³-hybridized carbons (Fsp3) is 0.0714. The molecule has 0 heterocycles. The van der Waals surface area contributed by atoms with E-state index in [2.05, 4.69) is 21.2 Å². The van der Waals surface area contributed by atoms with E-state index in [1.807, 2.05) is 6.07 Å². The number of carbonyl (C=O) groups excluding carboxylic acids is 1. The van der Waals surface area contributed by atoms with Crippen LogP contribution in [-0.4, -0.2) is 5.91 Å². The van der Waals surface area contributed by atoms with Crippen molar-refractivity contribution >= 4 is 27.5 Å². The third-order valence-corrected chi connectivity index (χ3v) is 3.32. The van der Waals surface area contributed by atoms with Gasteiger partial charge in [-0.2, -0.15) is 0 Å². The van der Waals surface area contributed by atoms with Gasteiger partial charge in [0.15, 0.2) is 0 Å². The molecule has 0 saturated carbocycles. The van der Waals surface area contributed by atoms with Crippen LogP contribution in [0.2, 0.25) is 0 Å². The van der Waals surface area contributed by atoms with Gasteiger partial charge in [-0.15, -0.1) is 0 Å². The number of benzene rings is 2. The number of nitrogens with one attached hydrogen (secondary N) is 1. The molecule has 19 heavy (non-hydrogen) atoms. The Morgan fingerprint density at radius 3 is 2.58 bits per heavy atom. The molecule has 0 unspecified atom stereocenters. The van der Waals surface area contributed by atoms with E-state index in [1.54, 1.807) is 24.3 Å². The Bertz CT molecular complexity index is 589. The summed E-state index contributed by atoms with van der Waals surface area (Å²) in [6, 6.07) is 12.3. The summed E-state index contributed by atoms with van der Waals surface area (Å²) in [5, 5.41) is 2.60. The summed E-state index contributed by atoms with van der Waals surface area (Å²) in [6.45, 7) is 0. The van der Waals surface area contributed by atoms with E-state index in [1.165, 1.54) is 18.2 Å². The van der Waals surface area contributed by atoms with E-state index in [4.69, 9.17) is 5.73 Å². The molecule has 98 valence electrons. The van der Waals surface area contributed by atoms with Crippen molar-refractivity contribution in [2.45, 2.75) is 6.04 Å². The molecule has 0 aromatic heterocycles.